The number of carboxylic acid groups (broad SMARTS) is 1. The number of hydrogen-bond acceptors (Lipinski definition) is 5. The fraction of sp³-hybridized carbons (Fsp3) is 0.833. The van der Waals surface area contributed by atoms with Crippen molar-refractivity contribution in [2.75, 3.05) is 6.61 Å². The molecule has 2 unspecified atom stereocenters. The molecule has 0 aliphatic heterocycles. The lowest BCUT2D eigenvalue weighted by Crippen LogP contribution is -2.26. The Labute approximate surface area is 112 Å². The molecule has 0 aliphatic rings. The van der Waals surface area contributed by atoms with E-state index in [9.17, 15) is 4.79 Å². The molecule has 0 aromatic carbocycles. The Bertz CT molecular complexity index is 405. The predicted molar refractivity (Wildman–Crippen MR) is 68.7 cm³/mol. The number of carboxylic acids is 1. The van der Waals surface area contributed by atoms with E-state index in [1.807, 2.05) is 6.92 Å². The highest BCUT2D eigenvalue weighted by atomic mass is 16.5. The Morgan fingerprint density at radius 2 is 2.11 bits per heavy atom. The van der Waals surface area contributed by atoms with E-state index in [1.165, 1.54) is 0 Å². The van der Waals surface area contributed by atoms with Crippen molar-refractivity contribution in [3.05, 3.63) is 5.82 Å². The molecular formula is C12H22N4O3. The maximum Gasteiger partial charge on any atom is 0.306 e. The van der Waals surface area contributed by atoms with Crippen molar-refractivity contribution < 1.29 is 14.6 Å². The normalized spacial score (nSPS) is 14.6. The molecule has 0 saturated heterocycles. The number of rotatable bonds is 8. The van der Waals surface area contributed by atoms with Gasteiger partial charge in [0.05, 0.1) is 19.1 Å². The third kappa shape index (κ3) is 4.59. The van der Waals surface area contributed by atoms with E-state index in [2.05, 4.69) is 36.3 Å². The van der Waals surface area contributed by atoms with Gasteiger partial charge >= 0.3 is 5.97 Å². The number of ether oxygens (including phenoxy) is 1. The summed E-state index contributed by atoms with van der Waals surface area (Å²) in [6, 6.07) is 0. The molecule has 1 aromatic rings. The van der Waals surface area contributed by atoms with Crippen molar-refractivity contribution in [1.82, 2.24) is 20.2 Å². The molecule has 7 nitrogen and oxygen atoms in total. The van der Waals surface area contributed by atoms with Crippen molar-refractivity contribution in [3.8, 4) is 0 Å². The number of nitrogens with zero attached hydrogens (tertiary/aromatic N) is 4. The smallest absolute Gasteiger partial charge is 0.306 e. The first-order valence-corrected chi connectivity index (χ1v) is 6.55. The van der Waals surface area contributed by atoms with Crippen molar-refractivity contribution in [2.45, 2.75) is 52.7 Å². The summed E-state index contributed by atoms with van der Waals surface area (Å²) < 4.78 is 7.07. The first-order valence-electron chi connectivity index (χ1n) is 6.55. The van der Waals surface area contributed by atoms with E-state index in [-0.39, 0.29) is 12.3 Å². The van der Waals surface area contributed by atoms with Gasteiger partial charge in [0.25, 0.3) is 0 Å². The first-order chi connectivity index (χ1) is 8.95. The maximum atomic E-state index is 10.8. The van der Waals surface area contributed by atoms with Crippen LogP contribution in [-0.4, -0.2) is 44.0 Å². The van der Waals surface area contributed by atoms with Crippen molar-refractivity contribution in [3.63, 3.8) is 0 Å². The Hall–Kier alpha value is -1.50. The minimum Gasteiger partial charge on any atom is -0.481 e. The van der Waals surface area contributed by atoms with Crippen LogP contribution in [-0.2, 0) is 16.1 Å². The minimum atomic E-state index is -0.884. The summed E-state index contributed by atoms with van der Waals surface area (Å²) in [5.74, 6) is 0.506. The van der Waals surface area contributed by atoms with Gasteiger partial charge in [0, 0.05) is 12.5 Å². The Morgan fingerprint density at radius 3 is 2.63 bits per heavy atom. The van der Waals surface area contributed by atoms with Gasteiger partial charge in [-0.1, -0.05) is 20.8 Å². The van der Waals surface area contributed by atoms with E-state index in [0.717, 1.165) is 5.82 Å². The van der Waals surface area contributed by atoms with Gasteiger partial charge in [0.2, 0.25) is 0 Å². The van der Waals surface area contributed by atoms with Gasteiger partial charge in [-0.3, -0.25) is 4.79 Å². The average molecular weight is 270 g/mol. The fourth-order valence-corrected chi connectivity index (χ4v) is 1.77. The topological polar surface area (TPSA) is 90.1 Å². The molecule has 2 atom stereocenters. The molecular weight excluding hydrogens is 248 g/mol. The summed E-state index contributed by atoms with van der Waals surface area (Å²) in [4.78, 5) is 10.8. The molecule has 1 aromatic heterocycles. The molecule has 0 saturated carbocycles. The zero-order valence-electron chi connectivity index (χ0n) is 11.9. The largest absolute Gasteiger partial charge is 0.481 e. The standard InChI is InChI=1S/C12H22N4O3/c1-5-19-10(6-11(17)18)7-16-12(13-14-15-16)9(4)8(2)3/h8-10H,5-7H2,1-4H3,(H,17,18). The van der Waals surface area contributed by atoms with Crippen molar-refractivity contribution in [2.24, 2.45) is 5.92 Å². The van der Waals surface area contributed by atoms with Crippen LogP contribution in [0.2, 0.25) is 0 Å². The molecule has 0 radical (unpaired) electrons. The average Bonchev–Trinajstić information content (AvgIpc) is 2.75. The van der Waals surface area contributed by atoms with Crippen LogP contribution in [0.25, 0.3) is 0 Å². The Morgan fingerprint density at radius 1 is 1.42 bits per heavy atom. The van der Waals surface area contributed by atoms with Gasteiger partial charge in [0.15, 0.2) is 5.82 Å². The van der Waals surface area contributed by atoms with Crippen LogP contribution < -0.4 is 0 Å². The van der Waals surface area contributed by atoms with Crippen LogP contribution in [0, 0.1) is 5.92 Å². The van der Waals surface area contributed by atoms with Gasteiger partial charge in [-0.05, 0) is 23.3 Å². The number of carbonyl (C=O) groups is 1. The lowest BCUT2D eigenvalue weighted by atomic mass is 9.97. The predicted octanol–water partition coefficient (Wildman–Crippen LogP) is 1.31. The summed E-state index contributed by atoms with van der Waals surface area (Å²) >= 11 is 0. The Kier molecular flexibility index (Phi) is 5.88. The van der Waals surface area contributed by atoms with E-state index in [1.54, 1.807) is 4.68 Å². The zero-order chi connectivity index (χ0) is 14.4. The van der Waals surface area contributed by atoms with Crippen LogP contribution in [0.1, 0.15) is 45.9 Å². The van der Waals surface area contributed by atoms with Crippen LogP contribution in [0.15, 0.2) is 0 Å². The molecule has 0 fully saturated rings. The quantitative estimate of drug-likeness (QED) is 0.766. The molecule has 108 valence electrons. The molecule has 1 rings (SSSR count). The van der Waals surface area contributed by atoms with Gasteiger partial charge in [-0.15, -0.1) is 5.10 Å². The van der Waals surface area contributed by atoms with E-state index >= 15 is 0 Å². The maximum absolute atomic E-state index is 10.8. The monoisotopic (exact) mass is 270 g/mol. The first kappa shape index (κ1) is 15.6. The summed E-state index contributed by atoms with van der Waals surface area (Å²) in [5.41, 5.74) is 0. The fourth-order valence-electron chi connectivity index (χ4n) is 1.77. The molecule has 1 heterocycles. The number of aromatic nitrogens is 4. The summed E-state index contributed by atoms with van der Waals surface area (Å²) in [6.45, 7) is 8.92. The van der Waals surface area contributed by atoms with Gasteiger partial charge in [-0.25, -0.2) is 4.68 Å². The molecule has 0 aliphatic carbocycles. The molecule has 0 amide bonds. The van der Waals surface area contributed by atoms with Crippen molar-refractivity contribution >= 4 is 5.97 Å². The third-order valence-corrected chi connectivity index (χ3v) is 3.15. The minimum absolute atomic E-state index is 0.0524. The number of tetrazole rings is 1. The second-order valence-electron chi connectivity index (χ2n) is 4.93. The zero-order valence-corrected chi connectivity index (χ0v) is 11.9. The third-order valence-electron chi connectivity index (χ3n) is 3.15. The van der Waals surface area contributed by atoms with Crippen molar-refractivity contribution in [1.29, 1.82) is 0 Å². The van der Waals surface area contributed by atoms with Crippen LogP contribution in [0.4, 0.5) is 0 Å². The van der Waals surface area contributed by atoms with Gasteiger partial charge in [0.1, 0.15) is 0 Å². The molecule has 7 heteroatoms. The van der Waals surface area contributed by atoms with Crippen LogP contribution >= 0.6 is 0 Å². The molecule has 1 N–H and O–H groups in total. The summed E-state index contributed by atoms with van der Waals surface area (Å²) in [7, 11) is 0. The number of hydrogen-bond donors (Lipinski definition) is 1. The molecule has 0 spiro atoms. The second kappa shape index (κ2) is 7.18. The highest BCUT2D eigenvalue weighted by Gasteiger charge is 2.21. The van der Waals surface area contributed by atoms with Crippen LogP contribution in [0.3, 0.4) is 0 Å². The highest BCUT2D eigenvalue weighted by Crippen LogP contribution is 2.21. The number of aliphatic carboxylic acids is 1. The highest BCUT2D eigenvalue weighted by molar-refractivity contribution is 5.67. The lowest BCUT2D eigenvalue weighted by molar-refractivity contribution is -0.140. The summed E-state index contributed by atoms with van der Waals surface area (Å²) in [6.07, 6.45) is -0.465. The van der Waals surface area contributed by atoms with Gasteiger partial charge < -0.3 is 9.84 Å². The SMILES string of the molecule is CCOC(CC(=O)O)Cn1nnnc1C(C)C(C)C. The van der Waals surface area contributed by atoms with Gasteiger partial charge in [-0.2, -0.15) is 0 Å². The summed E-state index contributed by atoms with van der Waals surface area (Å²) in [5, 5.41) is 20.5. The molecule has 0 bridgehead atoms. The van der Waals surface area contributed by atoms with E-state index in [0.29, 0.717) is 19.1 Å². The van der Waals surface area contributed by atoms with E-state index < -0.39 is 12.1 Å². The molecule has 19 heavy (non-hydrogen) atoms. The van der Waals surface area contributed by atoms with E-state index in [4.69, 9.17) is 9.84 Å². The Balaban J connectivity index is 2.79. The lowest BCUT2D eigenvalue weighted by Gasteiger charge is -2.18. The second-order valence-corrected chi connectivity index (χ2v) is 4.93. The van der Waals surface area contributed by atoms with Crippen LogP contribution in [0.5, 0.6) is 0 Å².